The van der Waals surface area contributed by atoms with Crippen molar-refractivity contribution in [3.05, 3.63) is 100 Å². The van der Waals surface area contributed by atoms with E-state index < -0.39 is 11.4 Å². The number of rotatable bonds is 8. The number of carbonyl (C=O) groups is 1. The molecule has 1 aliphatic rings. The number of nitrogens with zero attached hydrogens (tertiary/aromatic N) is 3. The van der Waals surface area contributed by atoms with Gasteiger partial charge in [0.2, 0.25) is 0 Å². The fraction of sp³-hybridized carbons (Fsp3) is 0.258. The number of aromatic nitrogens is 3. The normalized spacial score (nSPS) is 14.8. The number of pyridine rings is 1. The van der Waals surface area contributed by atoms with Crippen molar-refractivity contribution in [2.45, 2.75) is 45.3 Å². The molecule has 0 spiro atoms. The highest BCUT2D eigenvalue weighted by molar-refractivity contribution is 9.10. The third-order valence-corrected chi connectivity index (χ3v) is 8.14. The van der Waals surface area contributed by atoms with E-state index in [0.717, 1.165) is 56.3 Å². The molecule has 7 heteroatoms. The first-order chi connectivity index (χ1) is 18.5. The Morgan fingerprint density at radius 2 is 1.74 bits per heavy atom. The molecule has 6 rings (SSSR count). The summed E-state index contributed by atoms with van der Waals surface area (Å²) in [6.07, 6.45) is 3.69. The van der Waals surface area contributed by atoms with Gasteiger partial charge in [-0.2, -0.15) is 0 Å². The number of fused-ring (bicyclic) bond motifs is 2. The molecule has 0 aliphatic heterocycles. The molecule has 0 radical (unpaired) electrons. The molecule has 0 unspecified atom stereocenters. The molecule has 6 nitrogen and oxygen atoms in total. The highest BCUT2D eigenvalue weighted by Crippen LogP contribution is 2.41. The first kappa shape index (κ1) is 24.6. The van der Waals surface area contributed by atoms with E-state index in [1.54, 1.807) is 0 Å². The molecular weight excluding hydrogens is 542 g/mol. The Kier molecular flexibility index (Phi) is 6.62. The lowest BCUT2D eigenvalue weighted by atomic mass is 9.82. The van der Waals surface area contributed by atoms with E-state index in [1.165, 1.54) is 0 Å². The van der Waals surface area contributed by atoms with Gasteiger partial charge in [-0.05, 0) is 54.8 Å². The van der Waals surface area contributed by atoms with E-state index in [-0.39, 0.29) is 0 Å². The number of ether oxygens (including phenoxy) is 1. The fourth-order valence-electron chi connectivity index (χ4n) is 5.50. The molecule has 1 N–H and O–H groups in total. The Balaban J connectivity index is 1.31. The summed E-state index contributed by atoms with van der Waals surface area (Å²) < 4.78 is 9.30. The van der Waals surface area contributed by atoms with E-state index in [0.29, 0.717) is 38.2 Å². The standard InChI is InChI=1S/C31H28BrN3O3/c32-23-10-7-21(8-11-23)19-35-28-14-13-25(38-20-24-12-9-22-5-1-2-6-26(22)33-24)17-27(28)34-29(35)18-31(30(36)37)15-3-4-16-31/h1-2,5-14,17H,3-4,15-16,18-20H2,(H,36,37). The van der Waals surface area contributed by atoms with Crippen LogP contribution in [-0.4, -0.2) is 25.6 Å². The Morgan fingerprint density at radius 3 is 2.53 bits per heavy atom. The van der Waals surface area contributed by atoms with Gasteiger partial charge in [0.1, 0.15) is 18.2 Å². The third-order valence-electron chi connectivity index (χ3n) is 7.61. The fourth-order valence-corrected chi connectivity index (χ4v) is 5.76. The summed E-state index contributed by atoms with van der Waals surface area (Å²) in [4.78, 5) is 22.0. The summed E-state index contributed by atoms with van der Waals surface area (Å²) >= 11 is 3.51. The molecule has 5 aromatic rings. The number of benzene rings is 3. The smallest absolute Gasteiger partial charge is 0.310 e. The van der Waals surface area contributed by atoms with Crippen molar-refractivity contribution < 1.29 is 14.6 Å². The van der Waals surface area contributed by atoms with Crippen molar-refractivity contribution in [3.63, 3.8) is 0 Å². The number of halogens is 1. The topological polar surface area (TPSA) is 77.2 Å². The second-order valence-electron chi connectivity index (χ2n) is 10.1. The van der Waals surface area contributed by atoms with Crippen LogP contribution in [0.15, 0.2) is 83.3 Å². The average Bonchev–Trinajstić information content (AvgIpc) is 3.54. The summed E-state index contributed by atoms with van der Waals surface area (Å²) in [6.45, 7) is 0.973. The Hall–Kier alpha value is -3.71. The Morgan fingerprint density at radius 1 is 0.947 bits per heavy atom. The highest BCUT2D eigenvalue weighted by atomic mass is 79.9. The quantitative estimate of drug-likeness (QED) is 0.214. The van der Waals surface area contributed by atoms with Gasteiger partial charge < -0.3 is 14.4 Å². The second kappa shape index (κ2) is 10.2. The molecular formula is C31H28BrN3O3. The van der Waals surface area contributed by atoms with Gasteiger partial charge in [-0.3, -0.25) is 4.79 Å². The van der Waals surface area contributed by atoms with Crippen LogP contribution in [0.1, 0.15) is 42.8 Å². The van der Waals surface area contributed by atoms with Gasteiger partial charge in [0.15, 0.2) is 0 Å². The number of carboxylic acid groups (broad SMARTS) is 1. The average molecular weight is 570 g/mol. The molecule has 1 fully saturated rings. The highest BCUT2D eigenvalue weighted by Gasteiger charge is 2.42. The zero-order chi connectivity index (χ0) is 26.1. The lowest BCUT2D eigenvalue weighted by Crippen LogP contribution is -2.31. The third kappa shape index (κ3) is 4.90. The van der Waals surface area contributed by atoms with E-state index in [2.05, 4.69) is 38.7 Å². The summed E-state index contributed by atoms with van der Waals surface area (Å²) in [5.74, 6) is 0.797. The Bertz CT molecular complexity index is 1620. The van der Waals surface area contributed by atoms with Crippen molar-refractivity contribution in [3.8, 4) is 5.75 Å². The Labute approximate surface area is 229 Å². The monoisotopic (exact) mass is 569 g/mol. The molecule has 0 atom stereocenters. The first-order valence-corrected chi connectivity index (χ1v) is 13.7. The zero-order valence-electron chi connectivity index (χ0n) is 20.9. The van der Waals surface area contributed by atoms with Crippen LogP contribution < -0.4 is 4.74 Å². The molecule has 1 saturated carbocycles. The maximum absolute atomic E-state index is 12.3. The van der Waals surface area contributed by atoms with Crippen LogP contribution in [0.5, 0.6) is 5.75 Å². The van der Waals surface area contributed by atoms with Crippen LogP contribution in [0.3, 0.4) is 0 Å². The van der Waals surface area contributed by atoms with Crippen LogP contribution in [0.2, 0.25) is 0 Å². The van der Waals surface area contributed by atoms with Crippen molar-refractivity contribution >= 4 is 43.8 Å². The van der Waals surface area contributed by atoms with E-state index in [4.69, 9.17) is 14.7 Å². The van der Waals surface area contributed by atoms with Crippen molar-refractivity contribution in [1.29, 1.82) is 0 Å². The van der Waals surface area contributed by atoms with Gasteiger partial charge in [-0.15, -0.1) is 0 Å². The lowest BCUT2D eigenvalue weighted by Gasteiger charge is -2.23. The van der Waals surface area contributed by atoms with Gasteiger partial charge >= 0.3 is 5.97 Å². The molecule has 0 bridgehead atoms. The maximum Gasteiger partial charge on any atom is 0.310 e. The zero-order valence-corrected chi connectivity index (χ0v) is 22.5. The summed E-state index contributed by atoms with van der Waals surface area (Å²) in [5.41, 5.74) is 3.96. The molecule has 1 aliphatic carbocycles. The van der Waals surface area contributed by atoms with E-state index in [1.807, 2.05) is 60.7 Å². The van der Waals surface area contributed by atoms with Crippen LogP contribution in [0, 0.1) is 5.41 Å². The number of para-hydroxylation sites is 1. The first-order valence-electron chi connectivity index (χ1n) is 12.9. The van der Waals surface area contributed by atoms with Gasteiger partial charge in [0.25, 0.3) is 0 Å². The van der Waals surface area contributed by atoms with Gasteiger partial charge in [-0.25, -0.2) is 9.97 Å². The molecule has 192 valence electrons. The number of hydrogen-bond donors (Lipinski definition) is 1. The summed E-state index contributed by atoms with van der Waals surface area (Å²) in [5, 5.41) is 11.2. The second-order valence-corrected chi connectivity index (χ2v) is 11.1. The molecule has 0 saturated heterocycles. The maximum atomic E-state index is 12.3. The van der Waals surface area contributed by atoms with E-state index >= 15 is 0 Å². The minimum atomic E-state index is -0.750. The number of imidazole rings is 1. The largest absolute Gasteiger partial charge is 0.487 e. The van der Waals surface area contributed by atoms with Crippen LogP contribution in [0.25, 0.3) is 21.9 Å². The predicted octanol–water partition coefficient (Wildman–Crippen LogP) is 7.16. The molecule has 2 heterocycles. The van der Waals surface area contributed by atoms with Gasteiger partial charge in [0, 0.05) is 28.9 Å². The SMILES string of the molecule is O=C(O)C1(Cc2nc3cc(OCc4ccc5ccccc5n4)ccc3n2Cc2ccc(Br)cc2)CCCC1. The van der Waals surface area contributed by atoms with Crippen LogP contribution >= 0.6 is 15.9 Å². The van der Waals surface area contributed by atoms with Crippen molar-refractivity contribution in [2.24, 2.45) is 5.41 Å². The summed E-state index contributed by atoms with van der Waals surface area (Å²) in [7, 11) is 0. The minimum absolute atomic E-state index is 0.352. The molecule has 38 heavy (non-hydrogen) atoms. The van der Waals surface area contributed by atoms with Crippen LogP contribution in [0.4, 0.5) is 0 Å². The number of aliphatic carboxylic acids is 1. The predicted molar refractivity (Wildman–Crippen MR) is 151 cm³/mol. The van der Waals surface area contributed by atoms with Gasteiger partial charge in [0.05, 0.1) is 27.7 Å². The molecule has 2 aromatic heterocycles. The van der Waals surface area contributed by atoms with E-state index in [9.17, 15) is 9.90 Å². The number of carboxylic acids is 1. The molecule has 3 aromatic carbocycles. The van der Waals surface area contributed by atoms with Crippen molar-refractivity contribution in [2.75, 3.05) is 0 Å². The summed E-state index contributed by atoms with van der Waals surface area (Å²) in [6, 6.07) is 26.2. The number of hydrogen-bond acceptors (Lipinski definition) is 4. The minimum Gasteiger partial charge on any atom is -0.487 e. The van der Waals surface area contributed by atoms with Crippen LogP contribution in [-0.2, 0) is 24.4 Å². The van der Waals surface area contributed by atoms with Gasteiger partial charge in [-0.1, -0.05) is 65.2 Å². The molecule has 0 amide bonds. The van der Waals surface area contributed by atoms with Crippen molar-refractivity contribution in [1.82, 2.24) is 14.5 Å². The lowest BCUT2D eigenvalue weighted by molar-refractivity contribution is -0.148.